The van der Waals surface area contributed by atoms with E-state index in [9.17, 15) is 5.11 Å². The lowest BCUT2D eigenvalue weighted by Gasteiger charge is -2.25. The molecule has 1 atom stereocenters. The number of likely N-dealkylation sites (tertiary alicyclic amines) is 1. The topological polar surface area (TPSA) is 46.3 Å². The molecule has 0 bridgehead atoms. The Labute approximate surface area is 166 Å². The fraction of sp³-hybridized carbons (Fsp3) is 0.292. The molecule has 0 aliphatic carbocycles. The molecule has 2 N–H and O–H groups in total. The smallest absolute Gasteiger partial charge is 0.136 e. The Bertz CT molecular complexity index is 977. The largest absolute Gasteiger partial charge is 0.507 e. The summed E-state index contributed by atoms with van der Waals surface area (Å²) < 4.78 is 5.62. The Morgan fingerprint density at radius 2 is 1.79 bits per heavy atom. The molecule has 0 unspecified atom stereocenters. The highest BCUT2D eigenvalue weighted by molar-refractivity contribution is 6.02. The first-order chi connectivity index (χ1) is 13.8. The number of aliphatic imine (C=N–C) groups is 1. The van der Waals surface area contributed by atoms with E-state index < -0.39 is 0 Å². The van der Waals surface area contributed by atoms with Gasteiger partial charge in [0.25, 0.3) is 0 Å². The molecule has 4 rings (SSSR count). The third-order valence-corrected chi connectivity index (χ3v) is 5.71. The van der Waals surface area contributed by atoms with Crippen LogP contribution in [0.5, 0.6) is 11.5 Å². The third-order valence-electron chi connectivity index (χ3n) is 5.71. The van der Waals surface area contributed by atoms with Crippen LogP contribution in [0.25, 0.3) is 10.8 Å². The minimum Gasteiger partial charge on any atom is -0.507 e. The predicted molar refractivity (Wildman–Crippen MR) is 114 cm³/mol. The van der Waals surface area contributed by atoms with Gasteiger partial charge >= 0.3 is 0 Å². The van der Waals surface area contributed by atoms with Crippen molar-refractivity contribution in [2.45, 2.75) is 18.9 Å². The number of benzene rings is 3. The molecule has 0 aromatic heterocycles. The van der Waals surface area contributed by atoms with Crippen molar-refractivity contribution in [1.29, 1.82) is 0 Å². The molecule has 3 aromatic carbocycles. The molecule has 3 aromatic rings. The van der Waals surface area contributed by atoms with Gasteiger partial charge in [-0.25, -0.2) is 0 Å². The van der Waals surface area contributed by atoms with Gasteiger partial charge in [0.1, 0.15) is 17.5 Å². The summed E-state index contributed by atoms with van der Waals surface area (Å²) >= 11 is 0. The average Bonchev–Trinajstić information content (AvgIpc) is 3.27. The molecule has 1 heterocycles. The Balaban J connectivity index is 1.64. The van der Waals surface area contributed by atoms with Crippen molar-refractivity contribution >= 4 is 17.0 Å². The first-order valence-electron chi connectivity index (χ1n) is 9.96. The van der Waals surface area contributed by atoms with Crippen LogP contribution >= 0.6 is 0 Å². The molecule has 0 amide bonds. The van der Waals surface area contributed by atoms with E-state index in [1.54, 1.807) is 18.1 Å². The zero-order valence-corrected chi connectivity index (χ0v) is 16.3. The van der Waals surface area contributed by atoms with Crippen LogP contribution < -0.4 is 9.64 Å². The predicted octanol–water partition coefficient (Wildman–Crippen LogP) is 3.39. The van der Waals surface area contributed by atoms with Gasteiger partial charge in [-0.15, -0.1) is 0 Å². The molecule has 144 valence electrons. The maximum atomic E-state index is 10.4. The second-order valence-electron chi connectivity index (χ2n) is 7.37. The Hall–Kier alpha value is -2.85. The number of phenolic OH excluding ortho intramolecular Hbond substituents is 1. The van der Waals surface area contributed by atoms with Crippen LogP contribution in [-0.2, 0) is 0 Å². The minimum absolute atomic E-state index is 0.256. The Morgan fingerprint density at radius 1 is 1.04 bits per heavy atom. The second-order valence-corrected chi connectivity index (χ2v) is 7.37. The van der Waals surface area contributed by atoms with Crippen LogP contribution in [-0.4, -0.2) is 38.1 Å². The highest BCUT2D eigenvalue weighted by Crippen LogP contribution is 2.27. The highest BCUT2D eigenvalue weighted by Gasteiger charge is 2.29. The summed E-state index contributed by atoms with van der Waals surface area (Å²) in [5, 5.41) is 12.5. The molecular formula is C24H27N2O2+. The number of nitrogens with zero attached hydrogens (tertiary/aromatic N) is 1. The van der Waals surface area contributed by atoms with Gasteiger partial charge in [-0.2, -0.15) is 0 Å². The van der Waals surface area contributed by atoms with E-state index in [-0.39, 0.29) is 11.8 Å². The summed E-state index contributed by atoms with van der Waals surface area (Å²) in [7, 11) is 1.73. The van der Waals surface area contributed by atoms with Crippen LogP contribution in [0, 0.1) is 0 Å². The zero-order valence-electron chi connectivity index (χ0n) is 16.3. The number of phenols is 1. The number of para-hydroxylation sites is 1. The van der Waals surface area contributed by atoms with E-state index in [1.165, 1.54) is 18.4 Å². The van der Waals surface area contributed by atoms with Crippen molar-refractivity contribution in [2.24, 2.45) is 4.99 Å². The van der Waals surface area contributed by atoms with Crippen LogP contribution in [0.2, 0.25) is 0 Å². The quantitative estimate of drug-likeness (QED) is 0.649. The van der Waals surface area contributed by atoms with Gasteiger partial charge in [-0.3, -0.25) is 4.99 Å². The first kappa shape index (κ1) is 18.5. The fourth-order valence-corrected chi connectivity index (χ4v) is 4.25. The molecule has 1 aliphatic rings. The van der Waals surface area contributed by atoms with Crippen LogP contribution in [0.15, 0.2) is 65.7 Å². The summed E-state index contributed by atoms with van der Waals surface area (Å²) in [5.41, 5.74) is 1.99. The minimum atomic E-state index is 0.256. The van der Waals surface area contributed by atoms with Crippen LogP contribution in [0.3, 0.4) is 0 Å². The van der Waals surface area contributed by atoms with E-state index in [0.717, 1.165) is 35.2 Å². The normalized spacial score (nSPS) is 16.0. The molecule has 0 saturated carbocycles. The van der Waals surface area contributed by atoms with Gasteiger partial charge in [0.05, 0.1) is 32.3 Å². The average molecular weight is 375 g/mol. The molecule has 4 heteroatoms. The van der Waals surface area contributed by atoms with E-state index in [4.69, 9.17) is 9.73 Å². The zero-order chi connectivity index (χ0) is 19.3. The Kier molecular flexibility index (Phi) is 5.58. The third kappa shape index (κ3) is 3.73. The van der Waals surface area contributed by atoms with E-state index in [0.29, 0.717) is 6.54 Å². The number of methoxy groups -OCH3 is 1. The highest BCUT2D eigenvalue weighted by atomic mass is 16.5. The molecular weight excluding hydrogens is 348 g/mol. The standard InChI is InChI=1S/C24H26N2O2/c1-28-24-11-5-4-10-20(24)22(26-14-6-7-15-26)17-25-16-21-19-9-3-2-8-18(19)12-13-23(21)27/h2-5,8-13,16,22,27H,6-7,14-15,17H2,1H3/p+1/t22-/m1/s1. The monoisotopic (exact) mass is 375 g/mol. The fourth-order valence-electron chi connectivity index (χ4n) is 4.25. The van der Waals surface area contributed by atoms with E-state index >= 15 is 0 Å². The van der Waals surface area contributed by atoms with Gasteiger partial charge in [0.15, 0.2) is 0 Å². The Morgan fingerprint density at radius 3 is 2.61 bits per heavy atom. The molecule has 4 nitrogen and oxygen atoms in total. The number of quaternary nitrogens is 1. The van der Waals surface area contributed by atoms with Crippen LogP contribution in [0.1, 0.15) is 30.0 Å². The van der Waals surface area contributed by atoms with Crippen molar-refractivity contribution in [3.8, 4) is 11.5 Å². The summed E-state index contributed by atoms with van der Waals surface area (Å²) in [6, 6.07) is 20.3. The van der Waals surface area contributed by atoms with Gasteiger partial charge in [-0.1, -0.05) is 42.5 Å². The molecule has 1 aliphatic heterocycles. The summed E-state index contributed by atoms with van der Waals surface area (Å²) in [6.07, 6.45) is 4.35. The second kappa shape index (κ2) is 8.44. The van der Waals surface area contributed by atoms with Gasteiger partial charge in [-0.05, 0) is 29.0 Å². The van der Waals surface area contributed by atoms with Gasteiger partial charge in [0.2, 0.25) is 0 Å². The number of ether oxygens (including phenoxy) is 1. The van der Waals surface area contributed by atoms with Crippen LogP contribution in [0.4, 0.5) is 0 Å². The number of aromatic hydroxyl groups is 1. The van der Waals surface area contributed by atoms with Gasteiger partial charge < -0.3 is 14.7 Å². The molecule has 28 heavy (non-hydrogen) atoms. The lowest BCUT2D eigenvalue weighted by Crippen LogP contribution is -3.10. The molecule has 0 radical (unpaired) electrons. The summed E-state index contributed by atoms with van der Waals surface area (Å²) in [5.74, 6) is 1.19. The maximum absolute atomic E-state index is 10.4. The maximum Gasteiger partial charge on any atom is 0.136 e. The van der Waals surface area contributed by atoms with Gasteiger partial charge in [0, 0.05) is 24.6 Å². The molecule has 1 saturated heterocycles. The summed E-state index contributed by atoms with van der Waals surface area (Å²) in [6.45, 7) is 2.99. The number of fused-ring (bicyclic) bond motifs is 1. The summed E-state index contributed by atoms with van der Waals surface area (Å²) in [4.78, 5) is 6.35. The van der Waals surface area contributed by atoms with E-state index in [2.05, 4.69) is 18.2 Å². The van der Waals surface area contributed by atoms with Crippen molar-refractivity contribution in [1.82, 2.24) is 0 Å². The number of hydrogen-bond donors (Lipinski definition) is 2. The molecule has 1 fully saturated rings. The first-order valence-corrected chi connectivity index (χ1v) is 9.96. The number of hydrogen-bond acceptors (Lipinski definition) is 3. The lowest BCUT2D eigenvalue weighted by molar-refractivity contribution is -0.918. The van der Waals surface area contributed by atoms with E-state index in [1.807, 2.05) is 42.6 Å². The van der Waals surface area contributed by atoms with Crippen molar-refractivity contribution < 1.29 is 14.7 Å². The number of rotatable bonds is 6. The molecule has 0 spiro atoms. The lowest BCUT2D eigenvalue weighted by atomic mass is 10.0. The SMILES string of the molecule is COc1ccccc1[C@@H](CN=Cc1c(O)ccc2ccccc12)[NH+]1CCCC1. The number of nitrogens with one attached hydrogen (secondary N) is 1. The van der Waals surface area contributed by atoms with Crippen molar-refractivity contribution in [3.63, 3.8) is 0 Å². The van der Waals surface area contributed by atoms with Crippen molar-refractivity contribution in [2.75, 3.05) is 26.7 Å². The van der Waals surface area contributed by atoms with Crippen molar-refractivity contribution in [3.05, 3.63) is 71.8 Å².